The van der Waals surface area contributed by atoms with E-state index in [0.717, 1.165) is 56.0 Å². The number of nitrogens with one attached hydrogen (secondary N) is 1. The van der Waals surface area contributed by atoms with Gasteiger partial charge < -0.3 is 14.3 Å². The van der Waals surface area contributed by atoms with Crippen LogP contribution in [0.25, 0.3) is 16.6 Å². The molecular weight excluding hydrogens is 362 g/mol. The van der Waals surface area contributed by atoms with Crippen LogP contribution in [0.15, 0.2) is 61.1 Å². The molecule has 1 fully saturated rings. The van der Waals surface area contributed by atoms with Gasteiger partial charge in [0.25, 0.3) is 0 Å². The molecule has 0 unspecified atom stereocenters. The molecule has 1 saturated heterocycles. The number of nitrogens with zero attached hydrogens (tertiary/aromatic N) is 4. The topological polar surface area (TPSA) is 56.6 Å². The summed E-state index contributed by atoms with van der Waals surface area (Å²) in [5.74, 6) is 0.252. The molecule has 3 aromatic heterocycles. The van der Waals surface area contributed by atoms with Gasteiger partial charge in [0.1, 0.15) is 5.65 Å². The van der Waals surface area contributed by atoms with Gasteiger partial charge in [0, 0.05) is 68.6 Å². The lowest BCUT2D eigenvalue weighted by molar-refractivity contribution is -0.133. The van der Waals surface area contributed by atoms with Gasteiger partial charge in [-0.2, -0.15) is 0 Å². The number of pyridine rings is 1. The van der Waals surface area contributed by atoms with Crippen LogP contribution in [0.1, 0.15) is 17.7 Å². The van der Waals surface area contributed by atoms with Crippen LogP contribution >= 0.6 is 0 Å². The summed E-state index contributed by atoms with van der Waals surface area (Å²) in [7, 11) is 0. The monoisotopic (exact) mass is 387 g/mol. The number of rotatable bonds is 5. The fraction of sp³-hybridized carbons (Fsp3) is 0.304. The molecule has 0 bridgehead atoms. The zero-order valence-electron chi connectivity index (χ0n) is 16.4. The Labute approximate surface area is 169 Å². The van der Waals surface area contributed by atoms with E-state index >= 15 is 0 Å². The SMILES string of the molecule is O=C(CCc1c[nH]c2ccccc12)N1CCN(Cc2cn3ccccc3n2)CC1. The van der Waals surface area contributed by atoms with Gasteiger partial charge in [-0.05, 0) is 30.2 Å². The first-order chi connectivity index (χ1) is 14.3. The van der Waals surface area contributed by atoms with Gasteiger partial charge in [-0.3, -0.25) is 9.69 Å². The van der Waals surface area contributed by atoms with Crippen molar-refractivity contribution in [1.29, 1.82) is 0 Å². The second kappa shape index (κ2) is 7.72. The molecule has 0 aliphatic carbocycles. The molecule has 29 heavy (non-hydrogen) atoms. The van der Waals surface area contributed by atoms with Crippen molar-refractivity contribution in [2.45, 2.75) is 19.4 Å². The fourth-order valence-electron chi connectivity index (χ4n) is 4.19. The van der Waals surface area contributed by atoms with Crippen LogP contribution in [-0.2, 0) is 17.8 Å². The molecule has 4 heterocycles. The van der Waals surface area contributed by atoms with Crippen molar-refractivity contribution in [3.63, 3.8) is 0 Å². The number of aryl methyl sites for hydroxylation is 1. The third-order valence-electron chi connectivity index (χ3n) is 5.81. The van der Waals surface area contributed by atoms with Gasteiger partial charge >= 0.3 is 0 Å². The van der Waals surface area contributed by atoms with E-state index < -0.39 is 0 Å². The van der Waals surface area contributed by atoms with Gasteiger partial charge in [-0.15, -0.1) is 0 Å². The molecule has 4 aromatic rings. The number of aromatic nitrogens is 3. The number of carbonyl (C=O) groups excluding carboxylic acids is 1. The molecule has 6 nitrogen and oxygen atoms in total. The Hall–Kier alpha value is -3.12. The number of H-pyrrole nitrogens is 1. The van der Waals surface area contributed by atoms with Crippen LogP contribution in [0.5, 0.6) is 0 Å². The Balaban J connectivity index is 1.13. The number of amides is 1. The van der Waals surface area contributed by atoms with E-state index in [9.17, 15) is 4.79 Å². The quantitative estimate of drug-likeness (QED) is 0.573. The standard InChI is InChI=1S/C23H25N5O/c29-23(9-8-18-15-24-21-6-2-1-5-20(18)21)27-13-11-26(12-14-27)16-19-17-28-10-4-3-7-22(28)25-19/h1-7,10,15,17,24H,8-9,11-14,16H2. The number of piperazine rings is 1. The molecular formula is C23H25N5O. The van der Waals surface area contributed by atoms with Crippen LogP contribution in [0.4, 0.5) is 0 Å². The first-order valence-corrected chi connectivity index (χ1v) is 10.2. The Kier molecular flexibility index (Phi) is 4.77. The average molecular weight is 387 g/mol. The Bertz CT molecular complexity index is 1100. The van der Waals surface area contributed by atoms with E-state index in [4.69, 9.17) is 0 Å². The lowest BCUT2D eigenvalue weighted by atomic mass is 10.1. The van der Waals surface area contributed by atoms with Crippen LogP contribution in [0.2, 0.25) is 0 Å². The number of benzene rings is 1. The van der Waals surface area contributed by atoms with Crippen LogP contribution in [0, 0.1) is 0 Å². The van der Waals surface area contributed by atoms with Crippen LogP contribution in [0.3, 0.4) is 0 Å². The van der Waals surface area contributed by atoms with Crippen molar-refractivity contribution in [1.82, 2.24) is 24.2 Å². The number of hydrogen-bond donors (Lipinski definition) is 1. The van der Waals surface area contributed by atoms with Crippen molar-refractivity contribution in [2.24, 2.45) is 0 Å². The van der Waals surface area contributed by atoms with Crippen molar-refractivity contribution in [2.75, 3.05) is 26.2 Å². The minimum absolute atomic E-state index is 0.252. The molecule has 1 amide bonds. The highest BCUT2D eigenvalue weighted by atomic mass is 16.2. The number of fused-ring (bicyclic) bond motifs is 2. The smallest absolute Gasteiger partial charge is 0.222 e. The van der Waals surface area contributed by atoms with E-state index in [1.165, 1.54) is 10.9 Å². The molecule has 148 valence electrons. The molecule has 1 aliphatic heterocycles. The molecule has 1 aliphatic rings. The number of para-hydroxylation sites is 1. The maximum atomic E-state index is 12.7. The number of aromatic amines is 1. The summed E-state index contributed by atoms with van der Waals surface area (Å²) in [6.07, 6.45) is 7.49. The van der Waals surface area contributed by atoms with E-state index in [1.54, 1.807) is 0 Å². The number of carbonyl (C=O) groups is 1. The van der Waals surface area contributed by atoms with Crippen LogP contribution in [-0.4, -0.2) is 56.3 Å². The molecule has 1 N–H and O–H groups in total. The number of hydrogen-bond acceptors (Lipinski definition) is 3. The summed E-state index contributed by atoms with van der Waals surface area (Å²) in [5, 5.41) is 1.22. The van der Waals surface area contributed by atoms with Gasteiger partial charge in [0.05, 0.1) is 5.69 Å². The van der Waals surface area contributed by atoms with Crippen molar-refractivity contribution < 1.29 is 4.79 Å². The molecule has 1 aromatic carbocycles. The summed E-state index contributed by atoms with van der Waals surface area (Å²) in [4.78, 5) is 25.1. The summed E-state index contributed by atoms with van der Waals surface area (Å²) in [6, 6.07) is 14.3. The van der Waals surface area contributed by atoms with E-state index in [2.05, 4.69) is 37.6 Å². The number of imidazole rings is 1. The van der Waals surface area contributed by atoms with Crippen LogP contribution < -0.4 is 0 Å². The molecule has 6 heteroatoms. The van der Waals surface area contributed by atoms with E-state index in [0.29, 0.717) is 6.42 Å². The Morgan fingerprint density at radius 1 is 1.03 bits per heavy atom. The van der Waals surface area contributed by atoms with Crippen molar-refractivity contribution in [3.8, 4) is 0 Å². The maximum absolute atomic E-state index is 12.7. The molecule has 0 saturated carbocycles. The van der Waals surface area contributed by atoms with Crippen molar-refractivity contribution in [3.05, 3.63) is 72.3 Å². The summed E-state index contributed by atoms with van der Waals surface area (Å²) in [5.41, 5.74) is 4.42. The van der Waals surface area contributed by atoms with Gasteiger partial charge in [0.2, 0.25) is 5.91 Å². The first kappa shape index (κ1) is 17.9. The van der Waals surface area contributed by atoms with Gasteiger partial charge in [0.15, 0.2) is 0 Å². The second-order valence-electron chi connectivity index (χ2n) is 7.71. The highest BCUT2D eigenvalue weighted by molar-refractivity contribution is 5.84. The lowest BCUT2D eigenvalue weighted by Crippen LogP contribution is -2.48. The third-order valence-corrected chi connectivity index (χ3v) is 5.81. The maximum Gasteiger partial charge on any atom is 0.222 e. The summed E-state index contributed by atoms with van der Waals surface area (Å²) >= 11 is 0. The van der Waals surface area contributed by atoms with Crippen molar-refractivity contribution >= 4 is 22.5 Å². The summed E-state index contributed by atoms with van der Waals surface area (Å²) < 4.78 is 2.06. The normalized spacial score (nSPS) is 15.4. The first-order valence-electron chi connectivity index (χ1n) is 10.2. The highest BCUT2D eigenvalue weighted by Gasteiger charge is 2.21. The average Bonchev–Trinajstić information content (AvgIpc) is 3.36. The third kappa shape index (κ3) is 3.76. The van der Waals surface area contributed by atoms with Gasteiger partial charge in [-0.1, -0.05) is 24.3 Å². The van der Waals surface area contributed by atoms with E-state index in [1.807, 2.05) is 47.6 Å². The van der Waals surface area contributed by atoms with E-state index in [-0.39, 0.29) is 5.91 Å². The summed E-state index contributed by atoms with van der Waals surface area (Å²) in [6.45, 7) is 4.21. The minimum Gasteiger partial charge on any atom is -0.361 e. The fourth-order valence-corrected chi connectivity index (χ4v) is 4.19. The largest absolute Gasteiger partial charge is 0.361 e. The zero-order valence-corrected chi connectivity index (χ0v) is 16.4. The van der Waals surface area contributed by atoms with Gasteiger partial charge in [-0.25, -0.2) is 4.98 Å². The molecule has 0 radical (unpaired) electrons. The highest BCUT2D eigenvalue weighted by Crippen LogP contribution is 2.19. The predicted molar refractivity (Wildman–Crippen MR) is 114 cm³/mol. The molecule has 5 rings (SSSR count). The predicted octanol–water partition coefficient (Wildman–Crippen LogP) is 3.09. The lowest BCUT2D eigenvalue weighted by Gasteiger charge is -2.34. The molecule has 0 atom stereocenters. The Morgan fingerprint density at radius 2 is 1.86 bits per heavy atom. The second-order valence-corrected chi connectivity index (χ2v) is 7.71. The minimum atomic E-state index is 0.252. The molecule has 0 spiro atoms. The zero-order chi connectivity index (χ0) is 19.6. The Morgan fingerprint density at radius 3 is 2.72 bits per heavy atom.